The Balaban J connectivity index is 4.36. The quantitative estimate of drug-likeness (QED) is 0.0240. The van der Waals surface area contributed by atoms with Gasteiger partial charge in [-0.25, -0.2) is 4.57 Å². The Morgan fingerprint density at radius 2 is 1.04 bits per heavy atom. The van der Waals surface area contributed by atoms with Crippen molar-refractivity contribution in [3.05, 3.63) is 48.6 Å². The minimum atomic E-state index is -4.62. The summed E-state index contributed by atoms with van der Waals surface area (Å²) in [5, 5.41) is 18.3. The maximum absolute atomic E-state index is 12.6. The van der Waals surface area contributed by atoms with Crippen LogP contribution in [-0.2, 0) is 32.7 Å². The van der Waals surface area contributed by atoms with Crippen LogP contribution in [-0.4, -0.2) is 65.7 Å². The van der Waals surface area contributed by atoms with Gasteiger partial charge in [-0.3, -0.25) is 18.6 Å². The zero-order valence-corrected chi connectivity index (χ0v) is 34.1. The van der Waals surface area contributed by atoms with Crippen LogP contribution in [0.3, 0.4) is 0 Å². The van der Waals surface area contributed by atoms with Crippen molar-refractivity contribution in [2.75, 3.05) is 26.4 Å². The van der Waals surface area contributed by atoms with Crippen LogP contribution in [0.25, 0.3) is 0 Å². The van der Waals surface area contributed by atoms with E-state index in [1.165, 1.54) is 70.6 Å². The number of aliphatic hydroxyl groups excluding tert-OH is 2. The summed E-state index contributed by atoms with van der Waals surface area (Å²) in [6.07, 6.45) is 39.3. The molecule has 0 fully saturated rings. The fourth-order valence-electron chi connectivity index (χ4n) is 5.42. The van der Waals surface area contributed by atoms with Crippen molar-refractivity contribution in [3.63, 3.8) is 0 Å². The van der Waals surface area contributed by atoms with Crippen LogP contribution < -0.4 is 0 Å². The molecule has 1 unspecified atom stereocenters. The minimum absolute atomic E-state index is 0.158. The number of allylic oxidation sites excluding steroid dienone is 8. The number of ether oxygens (including phenoxy) is 2. The summed E-state index contributed by atoms with van der Waals surface area (Å²) < 4.78 is 32.6. The molecular weight excluding hydrogens is 695 g/mol. The van der Waals surface area contributed by atoms with E-state index in [4.69, 9.17) is 19.1 Å². The predicted molar refractivity (Wildman–Crippen MR) is 214 cm³/mol. The SMILES string of the molecule is CC/C=C/C=C/C=C/C=C/CCCCCCCC(=O)O[C@H](COC(=O)CCCCCCCCCCCCCCCCC)COP(=O)(O)OC[C@@H](O)CO. The molecule has 0 saturated carbocycles. The van der Waals surface area contributed by atoms with Crippen LogP contribution in [0.15, 0.2) is 48.6 Å². The standard InChI is InChI=1S/C42H75O10P/c1-3-5-7-9-11-13-15-17-19-21-23-25-27-29-31-33-41(45)49-37-40(38-51-53(47,48)50-36-39(44)35-43)52-42(46)34-32-30-28-26-24-22-20-18-16-14-12-10-8-6-4-2/h6,8,10,12,14,16,18,20,39-40,43-44H,3-5,7,9,11,13,15,17,19,21-38H2,1-2H3,(H,47,48)/b8-6+,12-10+,16-14+,20-18+/t39-,40+/m0/s1. The van der Waals surface area contributed by atoms with Gasteiger partial charge in [0.25, 0.3) is 0 Å². The van der Waals surface area contributed by atoms with E-state index in [0.29, 0.717) is 12.8 Å². The molecule has 0 radical (unpaired) electrons. The molecule has 308 valence electrons. The van der Waals surface area contributed by atoms with E-state index >= 15 is 0 Å². The molecule has 0 aromatic heterocycles. The van der Waals surface area contributed by atoms with Crippen molar-refractivity contribution in [1.82, 2.24) is 0 Å². The van der Waals surface area contributed by atoms with E-state index in [9.17, 15) is 24.2 Å². The maximum Gasteiger partial charge on any atom is 0.472 e. The largest absolute Gasteiger partial charge is 0.472 e. The Morgan fingerprint density at radius 1 is 0.585 bits per heavy atom. The summed E-state index contributed by atoms with van der Waals surface area (Å²) in [6.45, 7) is 2.21. The number of aliphatic hydroxyl groups is 2. The Bertz CT molecular complexity index is 1030. The highest BCUT2D eigenvalue weighted by Crippen LogP contribution is 2.43. The van der Waals surface area contributed by atoms with Crippen LogP contribution >= 0.6 is 7.82 Å². The van der Waals surface area contributed by atoms with Gasteiger partial charge in [0.2, 0.25) is 0 Å². The van der Waals surface area contributed by atoms with Gasteiger partial charge < -0.3 is 24.6 Å². The summed E-state index contributed by atoms with van der Waals surface area (Å²) in [5.74, 6) is -0.951. The molecule has 0 aliphatic carbocycles. The van der Waals surface area contributed by atoms with Crippen LogP contribution in [0.1, 0.15) is 168 Å². The lowest BCUT2D eigenvalue weighted by molar-refractivity contribution is -0.161. The van der Waals surface area contributed by atoms with E-state index in [1.54, 1.807) is 0 Å². The zero-order chi connectivity index (χ0) is 39.1. The van der Waals surface area contributed by atoms with Crippen LogP contribution in [0, 0.1) is 0 Å². The first kappa shape index (κ1) is 50.9. The van der Waals surface area contributed by atoms with Crippen molar-refractivity contribution in [3.8, 4) is 0 Å². The van der Waals surface area contributed by atoms with Gasteiger partial charge in [-0.15, -0.1) is 0 Å². The minimum Gasteiger partial charge on any atom is -0.462 e. The predicted octanol–water partition coefficient (Wildman–Crippen LogP) is 10.6. The summed E-state index contributed by atoms with van der Waals surface area (Å²) in [5.41, 5.74) is 0. The summed E-state index contributed by atoms with van der Waals surface area (Å²) >= 11 is 0. The van der Waals surface area contributed by atoms with Crippen molar-refractivity contribution in [2.24, 2.45) is 0 Å². The van der Waals surface area contributed by atoms with Crippen molar-refractivity contribution in [2.45, 2.75) is 180 Å². The summed E-state index contributed by atoms with van der Waals surface area (Å²) in [7, 11) is -4.62. The molecule has 0 amide bonds. The van der Waals surface area contributed by atoms with Gasteiger partial charge in [-0.2, -0.15) is 0 Å². The van der Waals surface area contributed by atoms with Crippen molar-refractivity contribution >= 4 is 19.8 Å². The van der Waals surface area contributed by atoms with Gasteiger partial charge in [0.1, 0.15) is 12.7 Å². The number of carbonyl (C=O) groups is 2. The van der Waals surface area contributed by atoms with Crippen LogP contribution in [0.5, 0.6) is 0 Å². The van der Waals surface area contributed by atoms with Gasteiger partial charge in [-0.1, -0.05) is 172 Å². The Labute approximate surface area is 322 Å². The second kappa shape index (κ2) is 38.2. The fraction of sp³-hybridized carbons (Fsp3) is 0.762. The number of esters is 2. The van der Waals surface area contributed by atoms with Crippen LogP contribution in [0.4, 0.5) is 0 Å². The van der Waals surface area contributed by atoms with Gasteiger partial charge >= 0.3 is 19.8 Å². The van der Waals surface area contributed by atoms with Gasteiger partial charge in [0.05, 0.1) is 19.8 Å². The lowest BCUT2D eigenvalue weighted by atomic mass is 10.0. The second-order valence-corrected chi connectivity index (χ2v) is 15.2. The second-order valence-electron chi connectivity index (χ2n) is 13.7. The number of phosphoric ester groups is 1. The first-order valence-corrected chi connectivity index (χ1v) is 22.1. The number of carbonyl (C=O) groups excluding carboxylic acids is 2. The number of phosphoric acid groups is 1. The molecule has 3 N–H and O–H groups in total. The Kier molecular flexibility index (Phi) is 36.7. The lowest BCUT2D eigenvalue weighted by Gasteiger charge is -2.20. The normalized spacial score (nSPS) is 14.4. The molecule has 0 heterocycles. The Hall–Kier alpha value is -2.07. The fourth-order valence-corrected chi connectivity index (χ4v) is 6.20. The van der Waals surface area contributed by atoms with E-state index in [0.717, 1.165) is 57.8 Å². The monoisotopic (exact) mass is 771 g/mol. The number of hydrogen-bond acceptors (Lipinski definition) is 9. The van der Waals surface area contributed by atoms with E-state index in [-0.39, 0.29) is 19.4 Å². The van der Waals surface area contributed by atoms with Crippen LogP contribution in [0.2, 0.25) is 0 Å². The molecule has 53 heavy (non-hydrogen) atoms. The molecule has 11 heteroatoms. The highest BCUT2D eigenvalue weighted by atomic mass is 31.2. The number of rotatable bonds is 38. The van der Waals surface area contributed by atoms with Gasteiger partial charge in [0, 0.05) is 12.8 Å². The van der Waals surface area contributed by atoms with Gasteiger partial charge in [-0.05, 0) is 32.1 Å². The first-order chi connectivity index (χ1) is 25.7. The van der Waals surface area contributed by atoms with Gasteiger partial charge in [0.15, 0.2) is 6.10 Å². The van der Waals surface area contributed by atoms with Crippen molar-refractivity contribution in [1.29, 1.82) is 0 Å². The molecule has 0 spiro atoms. The lowest BCUT2D eigenvalue weighted by Crippen LogP contribution is -2.29. The molecule has 0 aliphatic heterocycles. The molecule has 0 saturated heterocycles. The third-order valence-electron chi connectivity index (χ3n) is 8.59. The molecule has 0 bridgehead atoms. The Morgan fingerprint density at radius 3 is 1.57 bits per heavy atom. The topological polar surface area (TPSA) is 149 Å². The average Bonchev–Trinajstić information content (AvgIpc) is 3.14. The third kappa shape index (κ3) is 38.0. The number of hydrogen-bond donors (Lipinski definition) is 3. The highest BCUT2D eigenvalue weighted by molar-refractivity contribution is 7.47. The molecule has 0 aliphatic rings. The molecule has 0 aromatic carbocycles. The van der Waals surface area contributed by atoms with Crippen molar-refractivity contribution < 1.29 is 47.8 Å². The molecular formula is C42H75O10P. The molecule has 0 aromatic rings. The smallest absolute Gasteiger partial charge is 0.462 e. The first-order valence-electron chi connectivity index (χ1n) is 20.6. The average molecular weight is 771 g/mol. The zero-order valence-electron chi connectivity index (χ0n) is 33.2. The molecule has 3 atom stereocenters. The molecule has 0 rings (SSSR count). The van der Waals surface area contributed by atoms with E-state index < -0.39 is 51.8 Å². The van der Waals surface area contributed by atoms with E-state index in [1.807, 2.05) is 36.5 Å². The summed E-state index contributed by atoms with van der Waals surface area (Å²) in [6, 6.07) is 0. The maximum atomic E-state index is 12.6. The highest BCUT2D eigenvalue weighted by Gasteiger charge is 2.27. The number of unbranched alkanes of at least 4 members (excludes halogenated alkanes) is 19. The third-order valence-corrected chi connectivity index (χ3v) is 9.54. The van der Waals surface area contributed by atoms with E-state index in [2.05, 4.69) is 30.5 Å². The molecule has 10 nitrogen and oxygen atoms in total. The summed E-state index contributed by atoms with van der Waals surface area (Å²) in [4.78, 5) is 34.9.